The van der Waals surface area contributed by atoms with Gasteiger partial charge in [-0.25, -0.2) is 4.79 Å². The molecule has 0 rings (SSSR count). The second kappa shape index (κ2) is 5.79. The van der Waals surface area contributed by atoms with Gasteiger partial charge < -0.3 is 4.74 Å². The van der Waals surface area contributed by atoms with Crippen LogP contribution in [0.3, 0.4) is 0 Å². The summed E-state index contributed by atoms with van der Waals surface area (Å²) in [5.41, 5.74) is 1.15. The predicted molar refractivity (Wildman–Crippen MR) is 54.4 cm³/mol. The van der Waals surface area contributed by atoms with Gasteiger partial charge in [0.25, 0.3) is 0 Å². The molecule has 0 saturated carbocycles. The quantitative estimate of drug-likeness (QED) is 0.496. The van der Waals surface area contributed by atoms with Crippen LogP contribution in [0.25, 0.3) is 0 Å². The van der Waals surface area contributed by atoms with Crippen LogP contribution in [-0.4, -0.2) is 12.6 Å². The first-order valence-electron chi connectivity index (χ1n) is 4.87. The van der Waals surface area contributed by atoms with Gasteiger partial charge in [-0.2, -0.15) is 0 Å². The smallest absolute Gasteiger partial charge is 0.330 e. The van der Waals surface area contributed by atoms with E-state index in [1.807, 2.05) is 6.92 Å². The fourth-order valence-corrected chi connectivity index (χ4v) is 1.32. The zero-order valence-corrected chi connectivity index (χ0v) is 9.26. The average molecular weight is 184 g/mol. The summed E-state index contributed by atoms with van der Waals surface area (Å²) in [6.07, 6.45) is 1.62. The fraction of sp³-hybridized carbons (Fsp3) is 0.727. The Morgan fingerprint density at radius 3 is 2.00 bits per heavy atom. The van der Waals surface area contributed by atoms with E-state index >= 15 is 0 Å². The predicted octanol–water partition coefficient (Wildman–Crippen LogP) is 2.79. The molecule has 0 aromatic rings. The van der Waals surface area contributed by atoms with Crippen LogP contribution in [-0.2, 0) is 9.53 Å². The van der Waals surface area contributed by atoms with E-state index in [1.54, 1.807) is 6.08 Å². The minimum absolute atomic E-state index is 0.222. The Morgan fingerprint density at radius 2 is 1.69 bits per heavy atom. The molecule has 0 unspecified atom stereocenters. The van der Waals surface area contributed by atoms with Crippen molar-refractivity contribution < 1.29 is 9.53 Å². The second-order valence-corrected chi connectivity index (χ2v) is 3.71. The van der Waals surface area contributed by atoms with E-state index in [4.69, 9.17) is 4.74 Å². The molecule has 0 saturated heterocycles. The summed E-state index contributed by atoms with van der Waals surface area (Å²) in [4.78, 5) is 11.2. The van der Waals surface area contributed by atoms with Gasteiger partial charge in [-0.1, -0.05) is 33.3 Å². The van der Waals surface area contributed by atoms with E-state index in [0.29, 0.717) is 18.4 Å². The van der Waals surface area contributed by atoms with E-state index in [0.717, 1.165) is 5.57 Å². The molecular formula is C11H20O2. The first-order chi connectivity index (χ1) is 5.99. The number of allylic oxidation sites excluding steroid dienone is 1. The molecule has 0 aliphatic heterocycles. The third kappa shape index (κ3) is 4.71. The maximum Gasteiger partial charge on any atom is 0.330 e. The van der Waals surface area contributed by atoms with Gasteiger partial charge in [0.05, 0.1) is 6.61 Å². The fourth-order valence-electron chi connectivity index (χ4n) is 1.32. The lowest BCUT2D eigenvalue weighted by molar-refractivity contribution is -0.137. The van der Waals surface area contributed by atoms with Crippen LogP contribution in [0.15, 0.2) is 11.6 Å². The maximum absolute atomic E-state index is 11.2. The molecule has 0 aliphatic carbocycles. The molecule has 0 fully saturated rings. The molecular weight excluding hydrogens is 164 g/mol. The van der Waals surface area contributed by atoms with Crippen molar-refractivity contribution in [1.82, 2.24) is 0 Å². The van der Waals surface area contributed by atoms with Crippen molar-refractivity contribution in [3.63, 3.8) is 0 Å². The third-order valence-electron chi connectivity index (χ3n) is 1.90. The van der Waals surface area contributed by atoms with Crippen molar-refractivity contribution in [3.8, 4) is 0 Å². The molecule has 0 spiro atoms. The molecule has 0 radical (unpaired) electrons. The first-order valence-corrected chi connectivity index (χ1v) is 4.87. The third-order valence-corrected chi connectivity index (χ3v) is 1.90. The van der Waals surface area contributed by atoms with Crippen molar-refractivity contribution in [3.05, 3.63) is 11.6 Å². The van der Waals surface area contributed by atoms with Gasteiger partial charge in [0.15, 0.2) is 0 Å². The number of rotatable bonds is 4. The summed E-state index contributed by atoms with van der Waals surface area (Å²) < 4.78 is 4.86. The molecule has 0 atom stereocenters. The van der Waals surface area contributed by atoms with Crippen molar-refractivity contribution in [2.75, 3.05) is 6.61 Å². The topological polar surface area (TPSA) is 26.3 Å². The number of carbonyl (C=O) groups is 1. The molecule has 0 amide bonds. The number of hydrogen-bond acceptors (Lipinski definition) is 2. The van der Waals surface area contributed by atoms with E-state index in [9.17, 15) is 4.79 Å². The lowest BCUT2D eigenvalue weighted by atomic mass is 9.92. The van der Waals surface area contributed by atoms with Crippen molar-refractivity contribution in [1.29, 1.82) is 0 Å². The van der Waals surface area contributed by atoms with Crippen LogP contribution in [0.2, 0.25) is 0 Å². The van der Waals surface area contributed by atoms with Gasteiger partial charge in [-0.15, -0.1) is 0 Å². The Labute approximate surface area is 81.0 Å². The van der Waals surface area contributed by atoms with Crippen LogP contribution in [0.5, 0.6) is 0 Å². The van der Waals surface area contributed by atoms with Crippen molar-refractivity contribution in [2.45, 2.75) is 34.6 Å². The molecule has 0 aromatic carbocycles. The molecule has 0 N–H and O–H groups in total. The van der Waals surface area contributed by atoms with E-state index in [2.05, 4.69) is 27.7 Å². The molecule has 0 aromatic heterocycles. The number of esters is 1. The normalized spacial score (nSPS) is 10.4. The Bertz CT molecular complexity index is 180. The summed E-state index contributed by atoms with van der Waals surface area (Å²) in [6, 6.07) is 0. The summed E-state index contributed by atoms with van der Waals surface area (Å²) >= 11 is 0. The minimum Gasteiger partial charge on any atom is -0.463 e. The van der Waals surface area contributed by atoms with Crippen LogP contribution in [0, 0.1) is 11.8 Å². The molecule has 13 heavy (non-hydrogen) atoms. The highest BCUT2D eigenvalue weighted by Crippen LogP contribution is 2.18. The average Bonchev–Trinajstić information content (AvgIpc) is 1.99. The number of hydrogen-bond donors (Lipinski definition) is 0. The maximum atomic E-state index is 11.2. The Hall–Kier alpha value is -0.790. The highest BCUT2D eigenvalue weighted by atomic mass is 16.5. The van der Waals surface area contributed by atoms with E-state index in [-0.39, 0.29) is 5.97 Å². The molecule has 2 heteroatoms. The molecule has 0 bridgehead atoms. The van der Waals surface area contributed by atoms with Crippen molar-refractivity contribution >= 4 is 5.97 Å². The molecule has 0 heterocycles. The Morgan fingerprint density at radius 1 is 1.23 bits per heavy atom. The van der Waals surface area contributed by atoms with E-state index < -0.39 is 0 Å². The lowest BCUT2D eigenvalue weighted by Gasteiger charge is -2.14. The van der Waals surface area contributed by atoms with Crippen LogP contribution < -0.4 is 0 Å². The Balaban J connectivity index is 4.44. The molecule has 76 valence electrons. The van der Waals surface area contributed by atoms with Crippen LogP contribution in [0.1, 0.15) is 34.6 Å². The van der Waals surface area contributed by atoms with Gasteiger partial charge in [-0.3, -0.25) is 0 Å². The number of ether oxygens (including phenoxy) is 1. The van der Waals surface area contributed by atoms with Crippen molar-refractivity contribution in [2.24, 2.45) is 11.8 Å². The standard InChI is InChI=1S/C11H20O2/c1-6-13-11(12)7-10(8(2)3)9(4)5/h7-9H,6H2,1-5H3. The summed E-state index contributed by atoms with van der Waals surface area (Å²) in [5, 5.41) is 0. The monoisotopic (exact) mass is 184 g/mol. The van der Waals surface area contributed by atoms with Crippen LogP contribution >= 0.6 is 0 Å². The largest absolute Gasteiger partial charge is 0.463 e. The van der Waals surface area contributed by atoms with Gasteiger partial charge in [-0.05, 0) is 18.8 Å². The minimum atomic E-state index is -0.222. The molecule has 2 nitrogen and oxygen atoms in total. The van der Waals surface area contributed by atoms with Gasteiger partial charge in [0.2, 0.25) is 0 Å². The van der Waals surface area contributed by atoms with Gasteiger partial charge in [0, 0.05) is 6.08 Å². The first kappa shape index (κ1) is 12.2. The lowest BCUT2D eigenvalue weighted by Crippen LogP contribution is -2.08. The second-order valence-electron chi connectivity index (χ2n) is 3.71. The summed E-state index contributed by atoms with van der Waals surface area (Å²) in [6.45, 7) is 10.6. The highest BCUT2D eigenvalue weighted by molar-refractivity contribution is 5.82. The van der Waals surface area contributed by atoms with Gasteiger partial charge >= 0.3 is 5.97 Å². The SMILES string of the molecule is CCOC(=O)C=C(C(C)C)C(C)C. The number of carbonyl (C=O) groups excluding carboxylic acids is 1. The summed E-state index contributed by atoms with van der Waals surface area (Å²) in [5.74, 6) is 0.591. The summed E-state index contributed by atoms with van der Waals surface area (Å²) in [7, 11) is 0. The van der Waals surface area contributed by atoms with E-state index in [1.165, 1.54) is 0 Å². The highest BCUT2D eigenvalue weighted by Gasteiger charge is 2.10. The zero-order chi connectivity index (χ0) is 10.4. The van der Waals surface area contributed by atoms with Crippen LogP contribution in [0.4, 0.5) is 0 Å². The molecule has 0 aliphatic rings. The Kier molecular flexibility index (Phi) is 5.44. The zero-order valence-electron chi connectivity index (χ0n) is 9.26. The van der Waals surface area contributed by atoms with Gasteiger partial charge in [0.1, 0.15) is 0 Å².